The minimum Gasteiger partial charge on any atom is -0.460 e. The van der Waals surface area contributed by atoms with Crippen molar-refractivity contribution < 1.29 is 38.5 Å². The molecule has 0 aromatic heterocycles. The molecular formula is C36H32Br2N2O10. The highest BCUT2D eigenvalue weighted by Crippen LogP contribution is 2.18. The summed E-state index contributed by atoms with van der Waals surface area (Å²) >= 11 is 6.54. The van der Waals surface area contributed by atoms with E-state index in [1.165, 1.54) is 0 Å². The van der Waals surface area contributed by atoms with Crippen LogP contribution in [0.25, 0.3) is 0 Å². The van der Waals surface area contributed by atoms with Gasteiger partial charge >= 0.3 is 11.9 Å². The number of Topliss-reactive ketones (excluding diaryl/α,β-unsaturated/α-hetero) is 2. The molecule has 14 heteroatoms. The number of esters is 2. The number of ketones is 2. The summed E-state index contributed by atoms with van der Waals surface area (Å²) in [5, 5.41) is 21.7. The lowest BCUT2D eigenvalue weighted by molar-refractivity contribution is -0.486. The number of nitro groups is 2. The van der Waals surface area contributed by atoms with Gasteiger partial charge in [0.05, 0.1) is 0 Å². The van der Waals surface area contributed by atoms with E-state index < -0.39 is 46.7 Å². The standard InChI is InChI=1S/2C18H16BrNO5/c2*19-16-8-6-14(7-9-16)17(21)10-15(11-20(23)24)18(22)25-12-13-4-2-1-3-5-13/h2*1-9,15H,10-12H2/t2*15-/m11/s1. The summed E-state index contributed by atoms with van der Waals surface area (Å²) in [6.45, 7) is -1.26. The smallest absolute Gasteiger partial charge is 0.316 e. The lowest BCUT2D eigenvalue weighted by Crippen LogP contribution is -2.27. The number of ether oxygens (including phenoxy) is 2. The molecule has 0 aliphatic rings. The molecule has 0 saturated carbocycles. The van der Waals surface area contributed by atoms with E-state index in [4.69, 9.17) is 9.47 Å². The number of rotatable bonds is 16. The van der Waals surface area contributed by atoms with E-state index in [0.717, 1.165) is 20.1 Å². The fourth-order valence-electron chi connectivity index (χ4n) is 4.45. The number of hydrogen-bond acceptors (Lipinski definition) is 10. The lowest BCUT2D eigenvalue weighted by atomic mass is 9.98. The first-order chi connectivity index (χ1) is 23.9. The maximum absolute atomic E-state index is 12.3. The zero-order valence-electron chi connectivity index (χ0n) is 26.5. The van der Waals surface area contributed by atoms with Gasteiger partial charge < -0.3 is 9.47 Å². The van der Waals surface area contributed by atoms with Gasteiger partial charge in [-0.3, -0.25) is 39.4 Å². The molecule has 0 amide bonds. The van der Waals surface area contributed by atoms with E-state index in [1.54, 1.807) is 97.1 Å². The van der Waals surface area contributed by atoms with Gasteiger partial charge in [-0.2, -0.15) is 0 Å². The van der Waals surface area contributed by atoms with Crippen LogP contribution in [-0.2, 0) is 32.3 Å². The van der Waals surface area contributed by atoms with Crippen LogP contribution in [0.2, 0.25) is 0 Å². The molecule has 0 spiro atoms. The van der Waals surface area contributed by atoms with Crippen LogP contribution in [0.4, 0.5) is 0 Å². The third kappa shape index (κ3) is 14.2. The van der Waals surface area contributed by atoms with Crippen LogP contribution in [-0.4, -0.2) is 46.4 Å². The summed E-state index contributed by atoms with van der Waals surface area (Å²) < 4.78 is 11.9. The third-order valence-electron chi connectivity index (χ3n) is 7.05. The summed E-state index contributed by atoms with van der Waals surface area (Å²) in [6.07, 6.45) is -0.535. The van der Waals surface area contributed by atoms with Crippen molar-refractivity contribution in [1.82, 2.24) is 0 Å². The van der Waals surface area contributed by atoms with Crippen molar-refractivity contribution in [2.24, 2.45) is 11.8 Å². The predicted octanol–water partition coefficient (Wildman–Crippen LogP) is 7.32. The zero-order valence-corrected chi connectivity index (χ0v) is 29.7. The van der Waals surface area contributed by atoms with E-state index in [9.17, 15) is 39.4 Å². The van der Waals surface area contributed by atoms with E-state index in [-0.39, 0.29) is 37.6 Å². The average Bonchev–Trinajstić information content (AvgIpc) is 3.10. The molecule has 0 fully saturated rings. The van der Waals surface area contributed by atoms with Gasteiger partial charge in [0.2, 0.25) is 13.1 Å². The Morgan fingerprint density at radius 2 is 0.860 bits per heavy atom. The maximum atomic E-state index is 12.3. The molecule has 0 heterocycles. The second kappa shape index (κ2) is 20.4. The van der Waals surface area contributed by atoms with Gasteiger partial charge in [0.25, 0.3) is 0 Å². The minimum absolute atomic E-state index is 0.0142. The van der Waals surface area contributed by atoms with Crippen LogP contribution in [0.5, 0.6) is 0 Å². The van der Waals surface area contributed by atoms with Crippen molar-refractivity contribution in [3.8, 4) is 0 Å². The first-order valence-electron chi connectivity index (χ1n) is 15.1. The van der Waals surface area contributed by atoms with Gasteiger partial charge in [0.1, 0.15) is 25.0 Å². The Balaban J connectivity index is 0.000000270. The maximum Gasteiger partial charge on any atom is 0.316 e. The van der Waals surface area contributed by atoms with Gasteiger partial charge in [-0.15, -0.1) is 0 Å². The molecule has 0 saturated heterocycles. The highest BCUT2D eigenvalue weighted by Gasteiger charge is 2.30. The van der Waals surface area contributed by atoms with Crippen molar-refractivity contribution in [3.63, 3.8) is 0 Å². The molecule has 12 nitrogen and oxygen atoms in total. The molecule has 260 valence electrons. The van der Waals surface area contributed by atoms with Crippen molar-refractivity contribution in [2.45, 2.75) is 26.1 Å². The number of carbonyl (C=O) groups is 4. The quantitative estimate of drug-likeness (QED) is 0.0483. The fraction of sp³-hybridized carbons (Fsp3) is 0.222. The Morgan fingerprint density at radius 1 is 0.540 bits per heavy atom. The van der Waals surface area contributed by atoms with Crippen molar-refractivity contribution >= 4 is 55.4 Å². The van der Waals surface area contributed by atoms with Gasteiger partial charge in [-0.05, 0) is 35.4 Å². The van der Waals surface area contributed by atoms with E-state index in [0.29, 0.717) is 11.1 Å². The van der Waals surface area contributed by atoms with E-state index in [1.807, 2.05) is 12.1 Å². The van der Waals surface area contributed by atoms with Crippen LogP contribution in [0, 0.1) is 32.1 Å². The monoisotopic (exact) mass is 810 g/mol. The predicted molar refractivity (Wildman–Crippen MR) is 189 cm³/mol. The molecule has 4 rings (SSSR count). The molecular weight excluding hydrogens is 780 g/mol. The Kier molecular flexibility index (Phi) is 16.1. The van der Waals surface area contributed by atoms with E-state index >= 15 is 0 Å². The second-order valence-electron chi connectivity index (χ2n) is 10.9. The topological polar surface area (TPSA) is 173 Å². The third-order valence-corrected chi connectivity index (χ3v) is 8.11. The molecule has 0 N–H and O–H groups in total. The molecule has 4 aromatic rings. The molecule has 50 heavy (non-hydrogen) atoms. The van der Waals surface area contributed by atoms with Crippen molar-refractivity contribution in [2.75, 3.05) is 13.1 Å². The zero-order chi connectivity index (χ0) is 36.5. The van der Waals surface area contributed by atoms with Gasteiger partial charge in [0.15, 0.2) is 11.6 Å². The second-order valence-corrected chi connectivity index (χ2v) is 12.7. The SMILES string of the molecule is O=C(C[C@H](C[N+](=O)[O-])C(=O)OCc1ccccc1)c1ccc(Br)cc1.O=C(C[C@H](C[N+](=O)[O-])C(=O)OCc1ccccc1)c1ccc(Br)cc1. The summed E-state index contributed by atoms with van der Waals surface area (Å²) in [5.41, 5.74) is 2.34. The summed E-state index contributed by atoms with van der Waals surface area (Å²) in [7, 11) is 0. The summed E-state index contributed by atoms with van der Waals surface area (Å²) in [5.74, 6) is -4.39. The lowest BCUT2D eigenvalue weighted by Gasteiger charge is -2.12. The molecule has 0 aliphatic carbocycles. The normalized spacial score (nSPS) is 11.6. The van der Waals surface area contributed by atoms with Gasteiger partial charge in [-0.1, -0.05) is 117 Å². The van der Waals surface area contributed by atoms with Crippen LogP contribution in [0.1, 0.15) is 44.7 Å². The molecule has 2 atom stereocenters. The molecule has 0 aliphatic heterocycles. The summed E-state index contributed by atoms with van der Waals surface area (Å²) in [6, 6.07) is 31.2. The number of nitrogens with zero attached hydrogens (tertiary/aromatic N) is 2. The van der Waals surface area contributed by atoms with Crippen molar-refractivity contribution in [1.29, 1.82) is 0 Å². The summed E-state index contributed by atoms with van der Waals surface area (Å²) in [4.78, 5) is 69.4. The number of carbonyl (C=O) groups excluding carboxylic acids is 4. The highest BCUT2D eigenvalue weighted by atomic mass is 79.9. The van der Waals surface area contributed by atoms with Gasteiger partial charge in [-0.25, -0.2) is 0 Å². The molecule has 0 unspecified atom stereocenters. The first kappa shape index (κ1) is 39.4. The number of hydrogen-bond donors (Lipinski definition) is 0. The number of benzene rings is 4. The van der Waals surface area contributed by atoms with Crippen molar-refractivity contribution in [3.05, 3.63) is 161 Å². The Bertz CT molecular complexity index is 1620. The molecule has 0 radical (unpaired) electrons. The Labute approximate surface area is 304 Å². The first-order valence-corrected chi connectivity index (χ1v) is 16.7. The van der Waals surface area contributed by atoms with Crippen LogP contribution in [0.15, 0.2) is 118 Å². The number of halogens is 2. The Hall–Kier alpha value is -5.08. The van der Waals surface area contributed by atoms with Crippen LogP contribution in [0.3, 0.4) is 0 Å². The minimum atomic E-state index is -1.12. The van der Waals surface area contributed by atoms with Crippen LogP contribution < -0.4 is 0 Å². The Morgan fingerprint density at radius 3 is 1.16 bits per heavy atom. The van der Waals surface area contributed by atoms with E-state index in [2.05, 4.69) is 31.9 Å². The average molecular weight is 812 g/mol. The fourth-order valence-corrected chi connectivity index (χ4v) is 4.98. The highest BCUT2D eigenvalue weighted by molar-refractivity contribution is 9.10. The largest absolute Gasteiger partial charge is 0.460 e. The van der Waals surface area contributed by atoms with Gasteiger partial charge in [0, 0.05) is 42.8 Å². The molecule has 0 bridgehead atoms. The van der Waals surface area contributed by atoms with Crippen LogP contribution >= 0.6 is 31.9 Å². The molecule has 4 aromatic carbocycles.